The zero-order valence-electron chi connectivity index (χ0n) is 26.0. The highest BCUT2D eigenvalue weighted by Crippen LogP contribution is 2.51. The van der Waals surface area contributed by atoms with E-state index in [9.17, 15) is 9.90 Å². The van der Waals surface area contributed by atoms with E-state index >= 15 is 0 Å². The zero-order chi connectivity index (χ0) is 31.4. The normalized spacial score (nSPS) is 17.3. The lowest BCUT2D eigenvalue weighted by molar-refractivity contribution is -0.523. The van der Waals surface area contributed by atoms with E-state index in [0.29, 0.717) is 52.2 Å². The molecule has 2 heterocycles. The van der Waals surface area contributed by atoms with Crippen molar-refractivity contribution in [3.05, 3.63) is 64.9 Å². The van der Waals surface area contributed by atoms with Crippen LogP contribution in [0.1, 0.15) is 33.9 Å². The Hall–Kier alpha value is -4.44. The summed E-state index contributed by atoms with van der Waals surface area (Å²) in [7, 11) is 8.09. The molecule has 0 saturated carbocycles. The summed E-state index contributed by atoms with van der Waals surface area (Å²) in [5, 5.41) is 10.7. The highest BCUT2D eigenvalue weighted by atomic mass is 16.5. The first-order valence-corrected chi connectivity index (χ1v) is 13.9. The van der Waals surface area contributed by atoms with Gasteiger partial charge in [0.15, 0.2) is 29.2 Å². The first kappa shape index (κ1) is 31.5. The number of rotatable bonds is 13. The predicted octanol–water partition coefficient (Wildman–Crippen LogP) is 4.37. The number of likely N-dealkylation sites (N-methyl/N-ethyl adjacent to an activating group) is 1. The van der Waals surface area contributed by atoms with Gasteiger partial charge in [0.2, 0.25) is 6.04 Å². The summed E-state index contributed by atoms with van der Waals surface area (Å²) >= 11 is 0. The van der Waals surface area contributed by atoms with Crippen LogP contribution in [0.3, 0.4) is 0 Å². The quantitative estimate of drug-likeness (QED) is 0.208. The number of ether oxygens (including phenoxy) is 6. The Morgan fingerprint density at radius 3 is 2.16 bits per heavy atom. The molecule has 0 radical (unpaired) electrons. The number of carbonyl (C=O) groups is 1. The number of hydrogen-bond acceptors (Lipinski definition) is 8. The van der Waals surface area contributed by atoms with Crippen molar-refractivity contribution in [3.8, 4) is 34.5 Å². The second kappa shape index (κ2) is 13.2. The largest absolute Gasteiger partial charge is 0.504 e. The molecular formula is C33H41N2O8+. The van der Waals surface area contributed by atoms with Crippen molar-refractivity contribution in [1.82, 2.24) is 4.90 Å². The minimum absolute atomic E-state index is 0.0209. The second-order valence-electron chi connectivity index (χ2n) is 10.3. The van der Waals surface area contributed by atoms with Crippen LogP contribution in [0.25, 0.3) is 6.08 Å². The van der Waals surface area contributed by atoms with E-state index in [4.69, 9.17) is 28.4 Å². The van der Waals surface area contributed by atoms with Gasteiger partial charge in [-0.3, -0.25) is 9.69 Å². The summed E-state index contributed by atoms with van der Waals surface area (Å²) in [6.45, 7) is 12.0. The number of phenols is 1. The van der Waals surface area contributed by atoms with E-state index in [0.717, 1.165) is 16.7 Å². The third-order valence-corrected chi connectivity index (χ3v) is 7.84. The van der Waals surface area contributed by atoms with Gasteiger partial charge in [-0.15, -0.1) is 6.58 Å². The van der Waals surface area contributed by atoms with Crippen molar-refractivity contribution >= 4 is 18.2 Å². The van der Waals surface area contributed by atoms with Crippen LogP contribution in [0.15, 0.2) is 37.1 Å². The molecular weight excluding hydrogens is 552 g/mol. The molecule has 0 aliphatic carbocycles. The zero-order valence-corrected chi connectivity index (χ0v) is 26.0. The lowest BCUT2D eigenvalue weighted by atomic mass is 9.88. The molecule has 4 rings (SSSR count). The first-order valence-electron chi connectivity index (χ1n) is 13.9. The molecule has 0 unspecified atom stereocenters. The molecule has 2 aliphatic heterocycles. The molecule has 0 saturated heterocycles. The fourth-order valence-electron chi connectivity index (χ4n) is 6.04. The Labute approximate surface area is 253 Å². The van der Waals surface area contributed by atoms with Gasteiger partial charge in [-0.05, 0) is 26.0 Å². The average molecular weight is 594 g/mol. The molecule has 10 heteroatoms. The van der Waals surface area contributed by atoms with Crippen LogP contribution in [0, 0.1) is 13.8 Å². The molecule has 0 bridgehead atoms. The first-order chi connectivity index (χ1) is 20.7. The van der Waals surface area contributed by atoms with E-state index in [-0.39, 0.29) is 31.3 Å². The minimum atomic E-state index is -0.617. The monoisotopic (exact) mass is 593 g/mol. The van der Waals surface area contributed by atoms with Gasteiger partial charge in [-0.2, -0.15) is 0 Å². The molecule has 1 N–H and O–H groups in total. The van der Waals surface area contributed by atoms with E-state index in [1.165, 1.54) is 7.11 Å². The number of amides is 1. The Morgan fingerprint density at radius 2 is 1.56 bits per heavy atom. The van der Waals surface area contributed by atoms with Crippen molar-refractivity contribution in [2.75, 3.05) is 55.3 Å². The molecule has 2 aromatic rings. The molecule has 2 aliphatic rings. The minimum Gasteiger partial charge on any atom is -0.504 e. The number of aromatic hydroxyl groups is 1. The van der Waals surface area contributed by atoms with Crippen LogP contribution in [-0.4, -0.2) is 88.1 Å². The van der Waals surface area contributed by atoms with Gasteiger partial charge in [0.25, 0.3) is 5.91 Å². The third kappa shape index (κ3) is 5.54. The van der Waals surface area contributed by atoms with Crippen LogP contribution in [0.4, 0.5) is 0 Å². The number of phenolic OH excluding ortho intramolecular Hbond substituents is 1. The van der Waals surface area contributed by atoms with Crippen molar-refractivity contribution in [1.29, 1.82) is 0 Å². The third-order valence-electron chi connectivity index (χ3n) is 7.84. The standard InChI is InChI=1S/C33H40N2O8/c1-10-12-42-18-25-27-23(29(39-7)20(4)31(41-9)32(27)43-13-11-2)16-22-17-34(5)24(33(37)35(22)25)14-21-15-26(36)30(40-8)19(3)28(21)38-6/h10-11,15-17,24-25H,1-2,12-14,18H2,3-9H3/p+1/t24-,25-/m0/s1. The second-order valence-corrected chi connectivity index (χ2v) is 10.3. The van der Waals surface area contributed by atoms with Crippen molar-refractivity contribution < 1.29 is 42.9 Å². The van der Waals surface area contributed by atoms with Gasteiger partial charge in [-0.25, -0.2) is 4.58 Å². The highest BCUT2D eigenvalue weighted by Gasteiger charge is 2.47. The van der Waals surface area contributed by atoms with Crippen LogP contribution in [0.2, 0.25) is 0 Å². The van der Waals surface area contributed by atoms with E-state index in [2.05, 4.69) is 13.2 Å². The van der Waals surface area contributed by atoms with Crippen LogP contribution >= 0.6 is 0 Å². The van der Waals surface area contributed by atoms with Gasteiger partial charge in [-0.1, -0.05) is 18.7 Å². The molecule has 1 amide bonds. The maximum atomic E-state index is 14.5. The summed E-state index contributed by atoms with van der Waals surface area (Å²) in [5.41, 5.74) is 4.28. The molecule has 0 fully saturated rings. The van der Waals surface area contributed by atoms with Crippen LogP contribution in [0.5, 0.6) is 34.5 Å². The lowest BCUT2D eigenvalue weighted by Crippen LogP contribution is -2.53. The van der Waals surface area contributed by atoms with Gasteiger partial charge >= 0.3 is 0 Å². The number of hydrogen-bond donors (Lipinski definition) is 1. The smallest absolute Gasteiger partial charge is 0.296 e. The average Bonchev–Trinajstić information content (AvgIpc) is 2.97. The van der Waals surface area contributed by atoms with E-state index in [1.807, 2.05) is 37.8 Å². The number of carbonyl (C=O) groups excluding carboxylic acids is 1. The summed E-state index contributed by atoms with van der Waals surface area (Å²) < 4.78 is 36.9. The fraction of sp³-hybridized carbons (Fsp3) is 0.394. The van der Waals surface area contributed by atoms with Gasteiger partial charge in [0, 0.05) is 34.2 Å². The Kier molecular flexibility index (Phi) is 9.70. The van der Waals surface area contributed by atoms with Crippen LogP contribution in [-0.2, 0) is 16.0 Å². The number of allylic oxidation sites excluding steroid dienone is 1. The van der Waals surface area contributed by atoms with Gasteiger partial charge in [0.1, 0.15) is 30.9 Å². The number of benzene rings is 2. The maximum Gasteiger partial charge on any atom is 0.296 e. The topological polar surface area (TPSA) is 98.9 Å². The predicted molar refractivity (Wildman–Crippen MR) is 164 cm³/mol. The molecule has 10 nitrogen and oxygen atoms in total. The summed E-state index contributed by atoms with van der Waals surface area (Å²) in [6, 6.07) is 0.395. The van der Waals surface area contributed by atoms with Crippen LogP contribution < -0.4 is 23.7 Å². The van der Waals surface area contributed by atoms with Gasteiger partial charge < -0.3 is 33.5 Å². The molecule has 2 aromatic carbocycles. The molecule has 2 atom stereocenters. The fourth-order valence-corrected chi connectivity index (χ4v) is 6.04. The summed E-state index contributed by atoms with van der Waals surface area (Å²) in [6.07, 6.45) is 7.45. The van der Waals surface area contributed by atoms with Crippen molar-refractivity contribution in [3.63, 3.8) is 0 Å². The van der Waals surface area contributed by atoms with Crippen molar-refractivity contribution in [2.45, 2.75) is 32.4 Å². The Bertz CT molecular complexity index is 1490. The summed E-state index contributed by atoms with van der Waals surface area (Å²) in [5.74, 6) is 2.34. The highest BCUT2D eigenvalue weighted by molar-refractivity contribution is 5.98. The Morgan fingerprint density at radius 1 is 0.930 bits per heavy atom. The SMILES string of the molecule is C=CCOC[C@H]1c2c(c(OC)c(C)c(OC)c2OCC=C)C=C2C=[N+](C)[C@@H](Cc3cc(O)c(OC)c(C)c3OC)C(=O)N21. The Balaban J connectivity index is 1.91. The molecule has 230 valence electrons. The van der Waals surface area contributed by atoms with Gasteiger partial charge in [0.05, 0.1) is 47.7 Å². The van der Waals surface area contributed by atoms with Crippen molar-refractivity contribution in [2.24, 2.45) is 0 Å². The molecule has 0 aromatic heterocycles. The number of methoxy groups -OCH3 is 4. The van der Waals surface area contributed by atoms with E-state index < -0.39 is 12.1 Å². The molecule has 0 spiro atoms. The molecule has 43 heavy (non-hydrogen) atoms. The number of fused-ring (bicyclic) bond motifs is 2. The maximum absolute atomic E-state index is 14.5. The lowest BCUT2D eigenvalue weighted by Gasteiger charge is -2.40. The number of nitrogens with zero attached hydrogens (tertiary/aromatic N) is 2. The summed E-state index contributed by atoms with van der Waals surface area (Å²) in [4.78, 5) is 16.3. The van der Waals surface area contributed by atoms with E-state index in [1.54, 1.807) is 44.4 Å².